The van der Waals surface area contributed by atoms with Crippen molar-refractivity contribution in [2.75, 3.05) is 5.32 Å². The quantitative estimate of drug-likeness (QED) is 0.756. The molecule has 1 heterocycles. The molecule has 106 valence electrons. The van der Waals surface area contributed by atoms with Crippen molar-refractivity contribution in [3.8, 4) is 5.69 Å². The lowest BCUT2D eigenvalue weighted by molar-refractivity contribution is 0.869. The van der Waals surface area contributed by atoms with E-state index >= 15 is 0 Å². The summed E-state index contributed by atoms with van der Waals surface area (Å²) in [7, 11) is 0. The number of benzene rings is 2. The van der Waals surface area contributed by atoms with E-state index in [1.165, 1.54) is 5.56 Å². The predicted molar refractivity (Wildman–Crippen MR) is 87.1 cm³/mol. The molecule has 1 atom stereocenters. The second-order valence-corrected chi connectivity index (χ2v) is 5.35. The van der Waals surface area contributed by atoms with Crippen LogP contribution in [0.4, 0.5) is 5.69 Å². The van der Waals surface area contributed by atoms with Crippen molar-refractivity contribution < 1.29 is 0 Å². The average molecular weight is 298 g/mol. The van der Waals surface area contributed by atoms with Gasteiger partial charge < -0.3 is 5.32 Å². The first kappa shape index (κ1) is 13.7. The summed E-state index contributed by atoms with van der Waals surface area (Å²) in [5.74, 6) is 0. The molecular weight excluding hydrogens is 282 g/mol. The maximum absolute atomic E-state index is 5.92. The lowest BCUT2D eigenvalue weighted by Gasteiger charge is -2.16. The van der Waals surface area contributed by atoms with Crippen LogP contribution in [0.3, 0.4) is 0 Å². The highest BCUT2D eigenvalue weighted by Crippen LogP contribution is 2.22. The van der Waals surface area contributed by atoms with Crippen molar-refractivity contribution in [1.82, 2.24) is 9.78 Å². The summed E-state index contributed by atoms with van der Waals surface area (Å²) in [6.07, 6.45) is 3.71. The van der Waals surface area contributed by atoms with E-state index in [4.69, 9.17) is 11.6 Å². The van der Waals surface area contributed by atoms with Crippen LogP contribution in [0.15, 0.2) is 67.0 Å². The van der Waals surface area contributed by atoms with Crippen LogP contribution in [0.1, 0.15) is 18.5 Å². The Balaban J connectivity index is 1.78. The molecule has 1 N–H and O–H groups in total. The van der Waals surface area contributed by atoms with E-state index in [-0.39, 0.29) is 6.04 Å². The Morgan fingerprint density at radius 1 is 1.10 bits per heavy atom. The molecule has 1 aromatic heterocycles. The Morgan fingerprint density at radius 2 is 1.90 bits per heavy atom. The Bertz CT molecular complexity index is 705. The predicted octanol–water partition coefficient (Wildman–Crippen LogP) is 4.70. The Hall–Kier alpha value is -2.26. The van der Waals surface area contributed by atoms with Gasteiger partial charge in [0.25, 0.3) is 0 Å². The fourth-order valence-electron chi connectivity index (χ4n) is 2.24. The second-order valence-electron chi connectivity index (χ2n) is 4.92. The number of halogens is 1. The van der Waals surface area contributed by atoms with E-state index in [0.717, 1.165) is 16.4 Å². The summed E-state index contributed by atoms with van der Waals surface area (Å²) < 4.78 is 1.85. The van der Waals surface area contributed by atoms with Gasteiger partial charge in [-0.05, 0) is 48.9 Å². The maximum atomic E-state index is 5.92. The van der Waals surface area contributed by atoms with Gasteiger partial charge in [-0.25, -0.2) is 4.68 Å². The molecule has 0 saturated heterocycles. The molecule has 21 heavy (non-hydrogen) atoms. The van der Waals surface area contributed by atoms with Crippen LogP contribution in [0.25, 0.3) is 5.69 Å². The Kier molecular flexibility index (Phi) is 3.93. The first-order chi connectivity index (χ1) is 10.2. The molecule has 3 rings (SSSR count). The maximum Gasteiger partial charge on any atom is 0.0666 e. The number of anilines is 1. The van der Waals surface area contributed by atoms with Gasteiger partial charge in [0.1, 0.15) is 0 Å². The van der Waals surface area contributed by atoms with Crippen molar-refractivity contribution >= 4 is 17.3 Å². The van der Waals surface area contributed by atoms with Crippen LogP contribution in [-0.4, -0.2) is 9.78 Å². The number of hydrogen-bond donors (Lipinski definition) is 1. The van der Waals surface area contributed by atoms with Crippen LogP contribution in [0, 0.1) is 0 Å². The third-order valence-corrected chi connectivity index (χ3v) is 3.62. The van der Waals surface area contributed by atoms with Crippen molar-refractivity contribution in [1.29, 1.82) is 0 Å². The fraction of sp³-hybridized carbons (Fsp3) is 0.118. The zero-order valence-electron chi connectivity index (χ0n) is 11.7. The zero-order chi connectivity index (χ0) is 14.7. The highest BCUT2D eigenvalue weighted by atomic mass is 35.5. The second kappa shape index (κ2) is 6.02. The molecule has 0 saturated carbocycles. The molecular formula is C17H16ClN3. The topological polar surface area (TPSA) is 29.9 Å². The normalized spacial score (nSPS) is 12.1. The van der Waals surface area contributed by atoms with Gasteiger partial charge in [0.15, 0.2) is 0 Å². The molecule has 0 radical (unpaired) electrons. The highest BCUT2D eigenvalue weighted by molar-refractivity contribution is 6.30. The van der Waals surface area contributed by atoms with Crippen molar-refractivity contribution in [3.05, 3.63) is 77.6 Å². The molecule has 0 bridgehead atoms. The van der Waals surface area contributed by atoms with Gasteiger partial charge in [-0.1, -0.05) is 29.8 Å². The van der Waals surface area contributed by atoms with E-state index in [1.807, 2.05) is 53.3 Å². The van der Waals surface area contributed by atoms with Crippen molar-refractivity contribution in [2.45, 2.75) is 13.0 Å². The summed E-state index contributed by atoms with van der Waals surface area (Å²) >= 11 is 5.92. The summed E-state index contributed by atoms with van der Waals surface area (Å²) in [6, 6.07) is 18.2. The lowest BCUT2D eigenvalue weighted by Crippen LogP contribution is -2.07. The molecule has 1 unspecified atom stereocenters. The Morgan fingerprint density at radius 3 is 2.62 bits per heavy atom. The van der Waals surface area contributed by atoms with E-state index in [9.17, 15) is 0 Å². The number of hydrogen-bond acceptors (Lipinski definition) is 2. The average Bonchev–Trinajstić information content (AvgIpc) is 3.02. The smallest absolute Gasteiger partial charge is 0.0666 e. The standard InChI is InChI=1S/C17H16ClN3/c1-13(14-6-8-15(18)9-7-14)20-16-4-2-5-17(12-16)21-11-3-10-19-21/h2-13,20H,1H3. The number of nitrogens with zero attached hydrogens (tertiary/aromatic N) is 2. The monoisotopic (exact) mass is 297 g/mol. The molecule has 0 fully saturated rings. The van der Waals surface area contributed by atoms with Crippen LogP contribution < -0.4 is 5.32 Å². The van der Waals surface area contributed by atoms with Gasteiger partial charge in [-0.2, -0.15) is 5.10 Å². The first-order valence-electron chi connectivity index (χ1n) is 6.84. The van der Waals surface area contributed by atoms with E-state index in [1.54, 1.807) is 6.20 Å². The summed E-state index contributed by atoms with van der Waals surface area (Å²) in [5.41, 5.74) is 3.29. The largest absolute Gasteiger partial charge is 0.378 e. The van der Waals surface area contributed by atoms with Gasteiger partial charge >= 0.3 is 0 Å². The molecule has 0 aliphatic heterocycles. The molecule has 4 heteroatoms. The minimum atomic E-state index is 0.204. The number of rotatable bonds is 4. The number of aromatic nitrogens is 2. The minimum Gasteiger partial charge on any atom is -0.378 e. The molecule has 0 spiro atoms. The molecule has 3 nitrogen and oxygen atoms in total. The lowest BCUT2D eigenvalue weighted by atomic mass is 10.1. The van der Waals surface area contributed by atoms with Gasteiger partial charge in [-0.3, -0.25) is 0 Å². The Labute approximate surface area is 129 Å². The number of nitrogens with one attached hydrogen (secondary N) is 1. The van der Waals surface area contributed by atoms with Crippen molar-refractivity contribution in [3.63, 3.8) is 0 Å². The molecule has 2 aromatic carbocycles. The highest BCUT2D eigenvalue weighted by Gasteiger charge is 2.06. The summed E-state index contributed by atoms with van der Waals surface area (Å²) in [6.45, 7) is 2.13. The summed E-state index contributed by atoms with van der Waals surface area (Å²) in [5, 5.41) is 8.50. The van der Waals surface area contributed by atoms with Gasteiger partial charge in [0, 0.05) is 29.1 Å². The van der Waals surface area contributed by atoms with Gasteiger partial charge in [-0.15, -0.1) is 0 Å². The van der Waals surface area contributed by atoms with E-state index in [0.29, 0.717) is 0 Å². The molecule has 3 aromatic rings. The molecule has 0 aliphatic rings. The van der Waals surface area contributed by atoms with Crippen LogP contribution in [0.5, 0.6) is 0 Å². The summed E-state index contributed by atoms with van der Waals surface area (Å²) in [4.78, 5) is 0. The first-order valence-corrected chi connectivity index (χ1v) is 7.22. The van der Waals surface area contributed by atoms with Crippen molar-refractivity contribution in [2.24, 2.45) is 0 Å². The van der Waals surface area contributed by atoms with Crippen LogP contribution in [-0.2, 0) is 0 Å². The van der Waals surface area contributed by atoms with E-state index < -0.39 is 0 Å². The third kappa shape index (κ3) is 3.26. The molecule has 0 aliphatic carbocycles. The molecule has 0 amide bonds. The zero-order valence-corrected chi connectivity index (χ0v) is 12.5. The van der Waals surface area contributed by atoms with Gasteiger partial charge in [0.2, 0.25) is 0 Å². The SMILES string of the molecule is CC(Nc1cccc(-n2cccn2)c1)c1ccc(Cl)cc1. The minimum absolute atomic E-state index is 0.204. The van der Waals surface area contributed by atoms with Crippen LogP contribution in [0.2, 0.25) is 5.02 Å². The van der Waals surface area contributed by atoms with E-state index in [2.05, 4.69) is 29.5 Å². The van der Waals surface area contributed by atoms with Gasteiger partial charge in [0.05, 0.1) is 5.69 Å². The fourth-order valence-corrected chi connectivity index (χ4v) is 2.37. The third-order valence-electron chi connectivity index (χ3n) is 3.37. The van der Waals surface area contributed by atoms with Crippen LogP contribution >= 0.6 is 11.6 Å².